The quantitative estimate of drug-likeness (QED) is 0.889. The van der Waals surface area contributed by atoms with Crippen molar-refractivity contribution < 1.29 is 13.9 Å². The molecule has 0 unspecified atom stereocenters. The Morgan fingerprint density at radius 1 is 1.38 bits per heavy atom. The van der Waals surface area contributed by atoms with Crippen LogP contribution >= 0.6 is 0 Å². The van der Waals surface area contributed by atoms with E-state index >= 15 is 0 Å². The number of amides is 1. The molecule has 1 amide bonds. The number of carbonyl (C=O) groups excluding carboxylic acids is 1. The van der Waals surface area contributed by atoms with Crippen LogP contribution < -0.4 is 5.32 Å². The van der Waals surface area contributed by atoms with Gasteiger partial charge in [0.05, 0.1) is 13.2 Å². The molecule has 2 aromatic rings. The van der Waals surface area contributed by atoms with Crippen LogP contribution in [0.5, 0.6) is 0 Å². The van der Waals surface area contributed by atoms with Crippen molar-refractivity contribution in [3.05, 3.63) is 53.2 Å². The maximum absolute atomic E-state index is 13.3. The Morgan fingerprint density at radius 2 is 2.23 bits per heavy atom. The summed E-state index contributed by atoms with van der Waals surface area (Å²) in [5.74, 6) is 1.00. The SMILES string of the molecule is CNc1cc(C)nc([C@@H]2COCCN2C(=O)CCc2cccc(F)c2)n1. The Balaban J connectivity index is 1.74. The predicted octanol–water partition coefficient (Wildman–Crippen LogP) is 2.50. The highest BCUT2D eigenvalue weighted by Gasteiger charge is 2.30. The average molecular weight is 358 g/mol. The number of rotatable bonds is 5. The van der Waals surface area contributed by atoms with E-state index in [0.717, 1.165) is 11.3 Å². The number of halogens is 1. The summed E-state index contributed by atoms with van der Waals surface area (Å²) >= 11 is 0. The van der Waals surface area contributed by atoms with Crippen molar-refractivity contribution in [3.63, 3.8) is 0 Å². The highest BCUT2D eigenvalue weighted by Crippen LogP contribution is 2.24. The molecule has 1 fully saturated rings. The lowest BCUT2D eigenvalue weighted by Crippen LogP contribution is -2.44. The molecule has 0 radical (unpaired) electrons. The average Bonchev–Trinajstić information content (AvgIpc) is 2.65. The second-order valence-electron chi connectivity index (χ2n) is 6.31. The summed E-state index contributed by atoms with van der Waals surface area (Å²) in [6, 6.07) is 7.90. The molecular weight excluding hydrogens is 335 g/mol. The molecule has 2 heterocycles. The van der Waals surface area contributed by atoms with E-state index in [4.69, 9.17) is 4.74 Å². The molecule has 138 valence electrons. The van der Waals surface area contributed by atoms with Crippen LogP contribution in [-0.4, -0.2) is 47.6 Å². The number of hydrogen-bond donors (Lipinski definition) is 1. The second kappa shape index (κ2) is 8.23. The molecule has 1 saturated heterocycles. The molecule has 1 N–H and O–H groups in total. The van der Waals surface area contributed by atoms with Gasteiger partial charge in [0.25, 0.3) is 0 Å². The molecular formula is C19H23FN4O2. The van der Waals surface area contributed by atoms with Crippen LogP contribution in [0.1, 0.15) is 29.5 Å². The van der Waals surface area contributed by atoms with E-state index in [1.807, 2.05) is 19.1 Å². The topological polar surface area (TPSA) is 67.4 Å². The number of nitrogens with one attached hydrogen (secondary N) is 1. The van der Waals surface area contributed by atoms with Crippen LogP contribution in [0.15, 0.2) is 30.3 Å². The number of morpholine rings is 1. The first-order chi connectivity index (χ1) is 12.6. The number of aromatic nitrogens is 2. The first kappa shape index (κ1) is 18.3. The lowest BCUT2D eigenvalue weighted by Gasteiger charge is -2.35. The van der Waals surface area contributed by atoms with Gasteiger partial charge in [-0.05, 0) is 31.0 Å². The largest absolute Gasteiger partial charge is 0.377 e. The molecule has 1 atom stereocenters. The van der Waals surface area contributed by atoms with Gasteiger partial charge in [-0.15, -0.1) is 0 Å². The van der Waals surface area contributed by atoms with Crippen molar-refractivity contribution in [2.45, 2.75) is 25.8 Å². The Kier molecular flexibility index (Phi) is 5.78. The van der Waals surface area contributed by atoms with Crippen LogP contribution in [0, 0.1) is 12.7 Å². The first-order valence-corrected chi connectivity index (χ1v) is 8.72. The number of nitrogens with zero attached hydrogens (tertiary/aromatic N) is 3. The van der Waals surface area contributed by atoms with Gasteiger partial charge >= 0.3 is 0 Å². The molecule has 0 aliphatic carbocycles. The van der Waals surface area contributed by atoms with Gasteiger partial charge in [0, 0.05) is 31.8 Å². The molecule has 0 saturated carbocycles. The maximum atomic E-state index is 13.3. The van der Waals surface area contributed by atoms with Crippen LogP contribution in [-0.2, 0) is 16.0 Å². The normalized spacial score (nSPS) is 17.2. The van der Waals surface area contributed by atoms with E-state index in [2.05, 4.69) is 15.3 Å². The van der Waals surface area contributed by atoms with E-state index in [-0.39, 0.29) is 17.8 Å². The zero-order valence-corrected chi connectivity index (χ0v) is 15.0. The number of anilines is 1. The highest BCUT2D eigenvalue weighted by atomic mass is 19.1. The summed E-state index contributed by atoms with van der Waals surface area (Å²) in [5.41, 5.74) is 1.64. The third kappa shape index (κ3) is 4.35. The number of benzene rings is 1. The third-order valence-corrected chi connectivity index (χ3v) is 4.39. The molecule has 1 aromatic heterocycles. The van der Waals surface area contributed by atoms with E-state index < -0.39 is 0 Å². The fourth-order valence-electron chi connectivity index (χ4n) is 3.07. The minimum atomic E-state index is -0.309. The van der Waals surface area contributed by atoms with Crippen molar-refractivity contribution in [2.24, 2.45) is 0 Å². The van der Waals surface area contributed by atoms with Crippen molar-refractivity contribution in [1.82, 2.24) is 14.9 Å². The lowest BCUT2D eigenvalue weighted by molar-refractivity contribution is -0.140. The molecule has 26 heavy (non-hydrogen) atoms. The standard InChI is InChI=1S/C19H23FN4O2/c1-13-10-17(21-2)23-19(22-13)16-12-26-9-8-24(16)18(25)7-6-14-4-3-5-15(20)11-14/h3-5,10-11,16H,6-9,12H2,1-2H3,(H,21,22,23)/t16-/m0/s1. The number of aryl methyl sites for hydroxylation is 2. The van der Waals surface area contributed by atoms with Gasteiger partial charge < -0.3 is 15.0 Å². The summed E-state index contributed by atoms with van der Waals surface area (Å²) < 4.78 is 18.9. The molecule has 7 heteroatoms. The monoisotopic (exact) mass is 358 g/mol. The minimum Gasteiger partial charge on any atom is -0.377 e. The molecule has 3 rings (SSSR count). The van der Waals surface area contributed by atoms with Gasteiger partial charge in [0.2, 0.25) is 5.91 Å². The van der Waals surface area contributed by atoms with Crippen LogP contribution in [0.25, 0.3) is 0 Å². The summed E-state index contributed by atoms with van der Waals surface area (Å²) in [5, 5.41) is 3.01. The molecule has 6 nitrogen and oxygen atoms in total. The van der Waals surface area contributed by atoms with Gasteiger partial charge in [0.1, 0.15) is 17.7 Å². The summed E-state index contributed by atoms with van der Waals surface area (Å²) in [7, 11) is 1.80. The van der Waals surface area contributed by atoms with Crippen molar-refractivity contribution in [1.29, 1.82) is 0 Å². The van der Waals surface area contributed by atoms with Crippen LogP contribution in [0.4, 0.5) is 10.2 Å². The maximum Gasteiger partial charge on any atom is 0.223 e. The van der Waals surface area contributed by atoms with E-state index in [9.17, 15) is 9.18 Å². The Bertz CT molecular complexity index is 784. The molecule has 1 aliphatic rings. The lowest BCUT2D eigenvalue weighted by atomic mass is 10.1. The van der Waals surface area contributed by atoms with E-state index in [1.165, 1.54) is 12.1 Å². The predicted molar refractivity (Wildman–Crippen MR) is 96.3 cm³/mol. The molecule has 1 aromatic carbocycles. The smallest absolute Gasteiger partial charge is 0.223 e. The Labute approximate surface area is 152 Å². The number of ether oxygens (including phenoxy) is 1. The summed E-state index contributed by atoms with van der Waals surface area (Å²) in [4.78, 5) is 23.5. The highest BCUT2D eigenvalue weighted by molar-refractivity contribution is 5.77. The second-order valence-corrected chi connectivity index (χ2v) is 6.31. The molecule has 1 aliphatic heterocycles. The van der Waals surface area contributed by atoms with Crippen LogP contribution in [0.2, 0.25) is 0 Å². The molecule has 0 spiro atoms. The van der Waals surface area contributed by atoms with Gasteiger partial charge in [-0.25, -0.2) is 14.4 Å². The van der Waals surface area contributed by atoms with Gasteiger partial charge in [-0.1, -0.05) is 12.1 Å². The summed E-state index contributed by atoms with van der Waals surface area (Å²) in [6.07, 6.45) is 0.807. The fraction of sp³-hybridized carbons (Fsp3) is 0.421. The summed E-state index contributed by atoms with van der Waals surface area (Å²) in [6.45, 7) is 3.26. The zero-order chi connectivity index (χ0) is 18.5. The number of hydrogen-bond acceptors (Lipinski definition) is 5. The number of carbonyl (C=O) groups is 1. The van der Waals surface area contributed by atoms with Crippen LogP contribution in [0.3, 0.4) is 0 Å². The van der Waals surface area contributed by atoms with E-state index in [0.29, 0.717) is 44.2 Å². The third-order valence-electron chi connectivity index (χ3n) is 4.39. The van der Waals surface area contributed by atoms with Crippen molar-refractivity contribution >= 4 is 11.7 Å². The zero-order valence-electron chi connectivity index (χ0n) is 15.0. The van der Waals surface area contributed by atoms with Crippen molar-refractivity contribution in [3.8, 4) is 0 Å². The van der Waals surface area contributed by atoms with Gasteiger partial charge in [0.15, 0.2) is 5.82 Å². The first-order valence-electron chi connectivity index (χ1n) is 8.72. The fourth-order valence-corrected chi connectivity index (χ4v) is 3.07. The van der Waals surface area contributed by atoms with Crippen molar-refractivity contribution in [2.75, 3.05) is 32.1 Å². The van der Waals surface area contributed by atoms with Gasteiger partial charge in [-0.2, -0.15) is 0 Å². The molecule has 0 bridgehead atoms. The van der Waals surface area contributed by atoms with E-state index in [1.54, 1.807) is 18.0 Å². The Hall–Kier alpha value is -2.54. The minimum absolute atomic E-state index is 0.00123. The van der Waals surface area contributed by atoms with Gasteiger partial charge in [-0.3, -0.25) is 4.79 Å². The Morgan fingerprint density at radius 3 is 3.00 bits per heavy atom.